The van der Waals surface area contributed by atoms with Crippen LogP contribution in [-0.2, 0) is 6.54 Å². The molecule has 5 nitrogen and oxygen atoms in total. The summed E-state index contributed by atoms with van der Waals surface area (Å²) >= 11 is 1.44. The normalized spacial score (nSPS) is 10.1. The minimum atomic E-state index is -0.357. The molecule has 0 fully saturated rings. The van der Waals surface area contributed by atoms with Gasteiger partial charge in [0, 0.05) is 22.7 Å². The Morgan fingerprint density at radius 2 is 2.00 bits per heavy atom. The Kier molecular flexibility index (Phi) is 3.24. The highest BCUT2D eigenvalue weighted by Crippen LogP contribution is 2.20. The van der Waals surface area contributed by atoms with Crippen molar-refractivity contribution in [3.63, 3.8) is 0 Å². The number of hydrogen-bond acceptors (Lipinski definition) is 5. The van der Waals surface area contributed by atoms with Gasteiger partial charge in [-0.2, -0.15) is 0 Å². The summed E-state index contributed by atoms with van der Waals surface area (Å²) < 4.78 is 0. The number of thiazole rings is 1. The van der Waals surface area contributed by atoms with Crippen molar-refractivity contribution in [2.75, 3.05) is 0 Å². The van der Waals surface area contributed by atoms with Crippen LogP contribution in [0, 0.1) is 0 Å². The lowest BCUT2D eigenvalue weighted by Crippen LogP contribution is -2.22. The second-order valence-electron chi connectivity index (χ2n) is 3.39. The molecule has 0 spiro atoms. The molecular formula is C11H10N2O3S. The minimum absolute atomic E-state index is 0.145. The molecule has 0 saturated carbocycles. The number of nitrogens with zero attached hydrogens (tertiary/aromatic N) is 1. The van der Waals surface area contributed by atoms with Gasteiger partial charge < -0.3 is 15.5 Å². The molecule has 0 aliphatic heterocycles. The molecule has 6 heteroatoms. The second kappa shape index (κ2) is 4.84. The molecule has 0 atom stereocenters. The molecule has 2 aromatic rings. The van der Waals surface area contributed by atoms with Gasteiger partial charge in [0.15, 0.2) is 0 Å². The van der Waals surface area contributed by atoms with Gasteiger partial charge in [-0.3, -0.25) is 9.78 Å². The highest BCUT2D eigenvalue weighted by molar-refractivity contribution is 7.09. The van der Waals surface area contributed by atoms with Crippen LogP contribution in [0.5, 0.6) is 11.5 Å². The summed E-state index contributed by atoms with van der Waals surface area (Å²) in [5.41, 5.74) is 1.90. The van der Waals surface area contributed by atoms with E-state index < -0.39 is 0 Å². The highest BCUT2D eigenvalue weighted by Gasteiger charge is 2.08. The standard InChI is InChI=1S/C11H10N2O3S/c14-8-1-7(2-9(15)3-8)11(16)13-5-10-4-12-6-17-10/h1-4,6,14-15H,5H2,(H,13,16). The Morgan fingerprint density at radius 3 is 2.59 bits per heavy atom. The smallest absolute Gasteiger partial charge is 0.251 e. The summed E-state index contributed by atoms with van der Waals surface area (Å²) in [4.78, 5) is 16.5. The van der Waals surface area contributed by atoms with Crippen molar-refractivity contribution in [2.24, 2.45) is 0 Å². The van der Waals surface area contributed by atoms with Gasteiger partial charge in [-0.25, -0.2) is 0 Å². The fourth-order valence-electron chi connectivity index (χ4n) is 1.33. The monoisotopic (exact) mass is 250 g/mol. The largest absolute Gasteiger partial charge is 0.508 e. The molecule has 1 amide bonds. The molecule has 0 bridgehead atoms. The van der Waals surface area contributed by atoms with Crippen molar-refractivity contribution >= 4 is 17.2 Å². The number of aromatic hydroxyl groups is 2. The summed E-state index contributed by atoms with van der Waals surface area (Å²) in [5, 5.41) is 21.2. The van der Waals surface area contributed by atoms with Crippen LogP contribution >= 0.6 is 11.3 Å². The van der Waals surface area contributed by atoms with Crippen LogP contribution in [0.1, 0.15) is 15.2 Å². The zero-order valence-corrected chi connectivity index (χ0v) is 9.57. The van der Waals surface area contributed by atoms with Gasteiger partial charge in [0.1, 0.15) is 11.5 Å². The van der Waals surface area contributed by atoms with E-state index in [-0.39, 0.29) is 23.0 Å². The predicted molar refractivity (Wildman–Crippen MR) is 63.1 cm³/mol. The maximum atomic E-state index is 11.7. The fourth-order valence-corrected chi connectivity index (χ4v) is 1.86. The van der Waals surface area contributed by atoms with Crippen molar-refractivity contribution in [3.05, 3.63) is 40.3 Å². The van der Waals surface area contributed by atoms with Gasteiger partial charge in [0.05, 0.1) is 12.1 Å². The van der Waals surface area contributed by atoms with Crippen molar-refractivity contribution < 1.29 is 15.0 Å². The molecule has 3 N–H and O–H groups in total. The molecule has 1 aromatic carbocycles. The molecule has 0 radical (unpaired) electrons. The van der Waals surface area contributed by atoms with Crippen LogP contribution in [0.2, 0.25) is 0 Å². The van der Waals surface area contributed by atoms with Crippen molar-refractivity contribution in [1.29, 1.82) is 0 Å². The molecule has 88 valence electrons. The van der Waals surface area contributed by atoms with E-state index in [4.69, 9.17) is 0 Å². The highest BCUT2D eigenvalue weighted by atomic mass is 32.1. The second-order valence-corrected chi connectivity index (χ2v) is 4.36. The van der Waals surface area contributed by atoms with Crippen LogP contribution in [0.3, 0.4) is 0 Å². The number of aromatic nitrogens is 1. The fraction of sp³-hybridized carbons (Fsp3) is 0.0909. The Hall–Kier alpha value is -2.08. The molecular weight excluding hydrogens is 240 g/mol. The first-order chi connectivity index (χ1) is 8.15. The zero-order valence-electron chi connectivity index (χ0n) is 8.75. The maximum absolute atomic E-state index is 11.7. The Labute approximate surface area is 101 Å². The average Bonchev–Trinajstić information content (AvgIpc) is 2.77. The third kappa shape index (κ3) is 2.94. The lowest BCUT2D eigenvalue weighted by Gasteiger charge is -2.04. The Bertz CT molecular complexity index is 505. The molecule has 0 unspecified atom stereocenters. The van der Waals surface area contributed by atoms with Gasteiger partial charge in [-0.1, -0.05) is 0 Å². The topological polar surface area (TPSA) is 82.5 Å². The predicted octanol–water partition coefficient (Wildman–Crippen LogP) is 1.48. The van der Waals surface area contributed by atoms with E-state index in [0.717, 1.165) is 4.88 Å². The molecule has 1 heterocycles. The number of rotatable bonds is 3. The van der Waals surface area contributed by atoms with Crippen LogP contribution in [0.4, 0.5) is 0 Å². The van der Waals surface area contributed by atoms with E-state index in [2.05, 4.69) is 10.3 Å². The quantitative estimate of drug-likeness (QED) is 0.770. The Morgan fingerprint density at radius 1 is 1.29 bits per heavy atom. The summed E-state index contributed by atoms with van der Waals surface area (Å²) in [6, 6.07) is 3.75. The van der Waals surface area contributed by atoms with Gasteiger partial charge in [-0.15, -0.1) is 11.3 Å². The first kappa shape index (κ1) is 11.4. The molecule has 0 aliphatic rings. The van der Waals surface area contributed by atoms with Crippen LogP contribution < -0.4 is 5.32 Å². The van der Waals surface area contributed by atoms with E-state index in [1.807, 2.05) is 0 Å². The van der Waals surface area contributed by atoms with Crippen LogP contribution in [0.15, 0.2) is 29.9 Å². The number of carbonyl (C=O) groups is 1. The maximum Gasteiger partial charge on any atom is 0.251 e. The number of nitrogens with one attached hydrogen (secondary N) is 1. The lowest BCUT2D eigenvalue weighted by molar-refractivity contribution is 0.0950. The third-order valence-corrected chi connectivity index (χ3v) is 2.85. The van der Waals surface area contributed by atoms with E-state index in [9.17, 15) is 15.0 Å². The van der Waals surface area contributed by atoms with Gasteiger partial charge >= 0.3 is 0 Å². The van der Waals surface area contributed by atoms with Gasteiger partial charge in [0.25, 0.3) is 5.91 Å². The summed E-state index contributed by atoms with van der Waals surface area (Å²) in [6.07, 6.45) is 1.67. The SMILES string of the molecule is O=C(NCc1cncs1)c1cc(O)cc(O)c1. The molecule has 0 aliphatic carbocycles. The lowest BCUT2D eigenvalue weighted by atomic mass is 10.2. The van der Waals surface area contributed by atoms with Crippen molar-refractivity contribution in [3.8, 4) is 11.5 Å². The third-order valence-electron chi connectivity index (χ3n) is 2.07. The van der Waals surface area contributed by atoms with Crippen molar-refractivity contribution in [1.82, 2.24) is 10.3 Å². The minimum Gasteiger partial charge on any atom is -0.508 e. The first-order valence-electron chi connectivity index (χ1n) is 4.84. The van der Waals surface area contributed by atoms with Crippen LogP contribution in [0.25, 0.3) is 0 Å². The van der Waals surface area contributed by atoms with E-state index >= 15 is 0 Å². The van der Waals surface area contributed by atoms with Crippen LogP contribution in [-0.4, -0.2) is 21.1 Å². The van der Waals surface area contributed by atoms with E-state index in [1.165, 1.54) is 29.5 Å². The molecule has 17 heavy (non-hydrogen) atoms. The number of amides is 1. The number of carbonyl (C=O) groups excluding carboxylic acids is 1. The summed E-state index contributed by atoms with van der Waals surface area (Å²) in [5.74, 6) is -0.648. The number of phenols is 2. The zero-order chi connectivity index (χ0) is 12.3. The number of hydrogen-bond donors (Lipinski definition) is 3. The average molecular weight is 250 g/mol. The van der Waals surface area contributed by atoms with E-state index in [0.29, 0.717) is 6.54 Å². The number of benzene rings is 1. The first-order valence-corrected chi connectivity index (χ1v) is 5.72. The molecule has 0 saturated heterocycles. The van der Waals surface area contributed by atoms with Gasteiger partial charge in [-0.05, 0) is 12.1 Å². The van der Waals surface area contributed by atoms with Crippen molar-refractivity contribution in [2.45, 2.75) is 6.54 Å². The molecule has 1 aromatic heterocycles. The summed E-state index contributed by atoms with van der Waals surface area (Å²) in [7, 11) is 0. The summed E-state index contributed by atoms with van der Waals surface area (Å²) in [6.45, 7) is 0.375. The van der Waals surface area contributed by atoms with Gasteiger partial charge in [0.2, 0.25) is 0 Å². The van der Waals surface area contributed by atoms with E-state index in [1.54, 1.807) is 11.7 Å². The molecule has 2 rings (SSSR count). The number of phenolic OH excluding ortho intramolecular Hbond substituents is 2. The Balaban J connectivity index is 2.04.